The van der Waals surface area contributed by atoms with Gasteiger partial charge < -0.3 is 30.5 Å². The molecule has 10 heteroatoms. The molecule has 10 nitrogen and oxygen atoms in total. The molecule has 1 aliphatic heterocycles. The average molecular weight is 351 g/mol. The first-order valence-electron chi connectivity index (χ1n) is 8.34. The Bertz CT molecular complexity index is 755. The van der Waals surface area contributed by atoms with Crippen LogP contribution in [0, 0.1) is 0 Å². The molecule has 6 atom stereocenters. The molecule has 1 saturated heterocycles. The molecule has 1 unspecified atom stereocenters. The zero-order valence-electron chi connectivity index (χ0n) is 13.4. The van der Waals surface area contributed by atoms with Gasteiger partial charge in [-0.1, -0.05) is 0 Å². The summed E-state index contributed by atoms with van der Waals surface area (Å²) in [4.78, 5) is 12.7. The fourth-order valence-electron chi connectivity index (χ4n) is 3.54. The number of rotatable bonds is 4. The van der Waals surface area contributed by atoms with Crippen LogP contribution in [-0.2, 0) is 4.74 Å². The number of nitrogens with zero attached hydrogens (tertiary/aromatic N) is 4. The summed E-state index contributed by atoms with van der Waals surface area (Å²) >= 11 is 0. The third kappa shape index (κ3) is 2.75. The Balaban J connectivity index is 1.65. The van der Waals surface area contributed by atoms with Crippen molar-refractivity contribution in [1.29, 1.82) is 0 Å². The van der Waals surface area contributed by atoms with E-state index in [2.05, 4.69) is 20.3 Å². The molecule has 0 amide bonds. The van der Waals surface area contributed by atoms with Gasteiger partial charge in [0, 0.05) is 0 Å². The highest BCUT2D eigenvalue weighted by Crippen LogP contribution is 2.32. The van der Waals surface area contributed by atoms with Crippen LogP contribution >= 0.6 is 0 Å². The largest absolute Gasteiger partial charge is 0.394 e. The molecule has 3 heterocycles. The zero-order valence-corrected chi connectivity index (χ0v) is 13.4. The highest BCUT2D eigenvalue weighted by molar-refractivity contribution is 5.82. The van der Waals surface area contributed by atoms with Crippen molar-refractivity contribution in [2.75, 3.05) is 11.9 Å². The average Bonchev–Trinajstić information content (AvgIpc) is 3.29. The van der Waals surface area contributed by atoms with Gasteiger partial charge in [-0.25, -0.2) is 15.0 Å². The smallest absolute Gasteiger partial charge is 0.167 e. The Hall–Kier alpha value is -1.85. The van der Waals surface area contributed by atoms with Gasteiger partial charge in [-0.05, 0) is 19.3 Å². The molecule has 1 aliphatic carbocycles. The number of ether oxygens (including phenoxy) is 1. The van der Waals surface area contributed by atoms with Crippen molar-refractivity contribution in [2.45, 2.75) is 55.9 Å². The molecule has 0 aromatic carbocycles. The van der Waals surface area contributed by atoms with E-state index in [1.165, 1.54) is 17.2 Å². The molecule has 4 rings (SSSR count). The fourth-order valence-corrected chi connectivity index (χ4v) is 3.54. The summed E-state index contributed by atoms with van der Waals surface area (Å²) in [5.41, 5.74) is 0.916. The SMILES string of the molecule is OC[C@H]1O[C@@H](n2cnc3c(N[C@H]4CCC[C@@H]4O)ncnc32)[C@@H](O)C1O. The first-order chi connectivity index (χ1) is 12.1. The summed E-state index contributed by atoms with van der Waals surface area (Å²) < 4.78 is 7.04. The van der Waals surface area contributed by atoms with E-state index in [1.807, 2.05) is 0 Å². The Kier molecular flexibility index (Phi) is 4.29. The predicted octanol–water partition coefficient (Wildman–Crippen LogP) is -1.24. The van der Waals surface area contributed by atoms with Crippen molar-refractivity contribution >= 4 is 17.0 Å². The number of aromatic nitrogens is 4. The molecular weight excluding hydrogens is 330 g/mol. The summed E-state index contributed by atoms with van der Waals surface area (Å²) in [7, 11) is 0. The second kappa shape index (κ2) is 6.46. The van der Waals surface area contributed by atoms with E-state index in [1.54, 1.807) is 0 Å². The highest BCUT2D eigenvalue weighted by atomic mass is 16.6. The molecule has 136 valence electrons. The first kappa shape index (κ1) is 16.6. The summed E-state index contributed by atoms with van der Waals surface area (Å²) in [6, 6.07) is -0.0860. The molecule has 0 radical (unpaired) electrons. The summed E-state index contributed by atoms with van der Waals surface area (Å²) in [6.45, 7) is -0.400. The van der Waals surface area contributed by atoms with Crippen molar-refractivity contribution in [3.63, 3.8) is 0 Å². The van der Waals surface area contributed by atoms with Crippen LogP contribution in [0.15, 0.2) is 12.7 Å². The van der Waals surface area contributed by atoms with E-state index >= 15 is 0 Å². The number of nitrogens with one attached hydrogen (secondary N) is 1. The van der Waals surface area contributed by atoms with Crippen LogP contribution in [0.5, 0.6) is 0 Å². The Morgan fingerprint density at radius 2 is 2.00 bits per heavy atom. The molecule has 1 saturated carbocycles. The van der Waals surface area contributed by atoms with Gasteiger partial charge in [-0.3, -0.25) is 4.57 Å². The van der Waals surface area contributed by atoms with Gasteiger partial charge in [0.05, 0.1) is 25.1 Å². The maximum Gasteiger partial charge on any atom is 0.167 e. The van der Waals surface area contributed by atoms with Crippen LogP contribution in [0.4, 0.5) is 5.82 Å². The van der Waals surface area contributed by atoms with Crippen LogP contribution in [0.2, 0.25) is 0 Å². The minimum absolute atomic E-state index is 0.0860. The molecule has 25 heavy (non-hydrogen) atoms. The standard InChI is InChI=1S/C15H21N5O5/c21-4-9-11(23)12(24)15(25-9)20-6-18-10-13(16-5-17-14(10)20)19-7-2-1-3-8(7)22/h5-9,11-12,15,21-24H,1-4H2,(H,16,17,19)/t7-,8-,9+,11?,12-,15+/m0/s1. The Morgan fingerprint density at radius 3 is 2.68 bits per heavy atom. The van der Waals surface area contributed by atoms with Crippen molar-refractivity contribution in [2.24, 2.45) is 0 Å². The lowest BCUT2D eigenvalue weighted by molar-refractivity contribution is -0.0511. The maximum atomic E-state index is 10.2. The van der Waals surface area contributed by atoms with Crippen molar-refractivity contribution in [3.05, 3.63) is 12.7 Å². The molecule has 2 aliphatic rings. The van der Waals surface area contributed by atoms with Crippen LogP contribution in [0.1, 0.15) is 25.5 Å². The monoisotopic (exact) mass is 351 g/mol. The zero-order chi connectivity index (χ0) is 17.6. The predicted molar refractivity (Wildman–Crippen MR) is 85.6 cm³/mol. The lowest BCUT2D eigenvalue weighted by atomic mass is 10.1. The molecular formula is C15H21N5O5. The van der Waals surface area contributed by atoms with E-state index in [-0.39, 0.29) is 6.04 Å². The lowest BCUT2D eigenvalue weighted by Gasteiger charge is -2.18. The lowest BCUT2D eigenvalue weighted by Crippen LogP contribution is -2.33. The van der Waals surface area contributed by atoms with Gasteiger partial charge in [0.2, 0.25) is 0 Å². The molecule has 2 fully saturated rings. The number of imidazole rings is 1. The van der Waals surface area contributed by atoms with Crippen LogP contribution in [0.25, 0.3) is 11.2 Å². The topological polar surface area (TPSA) is 146 Å². The van der Waals surface area contributed by atoms with E-state index in [0.717, 1.165) is 19.3 Å². The number of hydrogen-bond donors (Lipinski definition) is 5. The van der Waals surface area contributed by atoms with Gasteiger partial charge in [0.25, 0.3) is 0 Å². The Morgan fingerprint density at radius 1 is 1.16 bits per heavy atom. The number of fused-ring (bicyclic) bond motifs is 1. The van der Waals surface area contributed by atoms with Gasteiger partial charge in [-0.2, -0.15) is 0 Å². The van der Waals surface area contributed by atoms with Gasteiger partial charge in [0.1, 0.15) is 24.6 Å². The van der Waals surface area contributed by atoms with Crippen molar-refractivity contribution < 1.29 is 25.2 Å². The minimum atomic E-state index is -1.21. The molecule has 5 N–H and O–H groups in total. The second-order valence-electron chi connectivity index (χ2n) is 6.52. The summed E-state index contributed by atoms with van der Waals surface area (Å²) in [6.07, 6.45) is 0.768. The highest BCUT2D eigenvalue weighted by Gasteiger charge is 2.44. The minimum Gasteiger partial charge on any atom is -0.394 e. The van der Waals surface area contributed by atoms with Gasteiger partial charge >= 0.3 is 0 Å². The van der Waals surface area contributed by atoms with E-state index in [4.69, 9.17) is 4.74 Å². The van der Waals surface area contributed by atoms with Gasteiger partial charge in [0.15, 0.2) is 23.2 Å². The van der Waals surface area contributed by atoms with Crippen LogP contribution < -0.4 is 5.32 Å². The number of aliphatic hydroxyl groups is 4. The quantitative estimate of drug-likeness (QED) is 0.456. The van der Waals surface area contributed by atoms with Crippen LogP contribution in [0.3, 0.4) is 0 Å². The van der Waals surface area contributed by atoms with Crippen molar-refractivity contribution in [3.8, 4) is 0 Å². The normalized spacial score (nSPS) is 35.5. The first-order valence-corrected chi connectivity index (χ1v) is 8.34. The fraction of sp³-hybridized carbons (Fsp3) is 0.667. The molecule has 2 aromatic rings. The van der Waals surface area contributed by atoms with E-state index in [9.17, 15) is 20.4 Å². The van der Waals surface area contributed by atoms with E-state index < -0.39 is 37.3 Å². The number of anilines is 1. The third-order valence-corrected chi connectivity index (χ3v) is 4.95. The molecule has 2 aromatic heterocycles. The van der Waals surface area contributed by atoms with Gasteiger partial charge in [-0.15, -0.1) is 0 Å². The summed E-state index contributed by atoms with van der Waals surface area (Å²) in [5, 5.41) is 42.6. The summed E-state index contributed by atoms with van der Waals surface area (Å²) in [5.74, 6) is 0.501. The number of hydrogen-bond acceptors (Lipinski definition) is 9. The molecule has 0 bridgehead atoms. The van der Waals surface area contributed by atoms with E-state index in [0.29, 0.717) is 17.0 Å². The maximum absolute atomic E-state index is 10.2. The second-order valence-corrected chi connectivity index (χ2v) is 6.52. The number of aliphatic hydroxyl groups excluding tert-OH is 4. The van der Waals surface area contributed by atoms with Crippen LogP contribution in [-0.4, -0.2) is 77.0 Å². The third-order valence-electron chi connectivity index (χ3n) is 4.95. The molecule has 0 spiro atoms. The Labute approximate surface area is 143 Å². The van der Waals surface area contributed by atoms with Crippen molar-refractivity contribution in [1.82, 2.24) is 19.5 Å².